The second-order valence-electron chi connectivity index (χ2n) is 3.09. The summed E-state index contributed by atoms with van der Waals surface area (Å²) in [5.41, 5.74) is 2.04. The first-order chi connectivity index (χ1) is 7.19. The minimum absolute atomic E-state index is 0.479. The third-order valence-corrected chi connectivity index (χ3v) is 3.04. The van der Waals surface area contributed by atoms with E-state index < -0.39 is 0 Å². The normalized spacial score (nSPS) is 10.7. The second kappa shape index (κ2) is 6.45. The average molecular weight is 295 g/mol. The molecule has 84 valence electrons. The Morgan fingerprint density at radius 2 is 2.20 bits per heavy atom. The van der Waals surface area contributed by atoms with E-state index in [9.17, 15) is 0 Å². The monoisotopic (exact) mass is 293 g/mol. The van der Waals surface area contributed by atoms with Crippen molar-refractivity contribution in [2.75, 3.05) is 13.7 Å². The highest BCUT2D eigenvalue weighted by Crippen LogP contribution is 2.27. The maximum atomic E-state index is 6.11. The van der Waals surface area contributed by atoms with Gasteiger partial charge in [-0.1, -0.05) is 27.5 Å². The lowest BCUT2D eigenvalue weighted by Crippen LogP contribution is -2.04. The number of hydrogen-bond donors (Lipinski definition) is 1. The Bertz CT molecular complexity index is 310. The van der Waals surface area contributed by atoms with Crippen LogP contribution in [0, 0.1) is 0 Å². The van der Waals surface area contributed by atoms with E-state index in [0.29, 0.717) is 18.2 Å². The number of hydrogen-bond acceptors (Lipinski definition) is 3. The summed E-state index contributed by atoms with van der Waals surface area (Å²) in [4.78, 5) is 4.52. The van der Waals surface area contributed by atoms with Crippen LogP contribution in [0.5, 0.6) is 0 Å². The molecule has 0 unspecified atom stereocenters. The minimum Gasteiger partial charge on any atom is -0.380 e. The van der Waals surface area contributed by atoms with Gasteiger partial charge in [0.15, 0.2) is 0 Å². The van der Waals surface area contributed by atoms with Gasteiger partial charge in [0.05, 0.1) is 13.2 Å². The Hall–Kier alpha value is -0.130. The van der Waals surface area contributed by atoms with Gasteiger partial charge in [-0.2, -0.15) is 0 Å². The molecule has 3 nitrogen and oxygen atoms in total. The quantitative estimate of drug-likeness (QED) is 0.849. The van der Waals surface area contributed by atoms with E-state index in [0.717, 1.165) is 22.0 Å². The number of ether oxygens (including phenoxy) is 1. The third kappa shape index (κ3) is 3.74. The molecule has 0 aliphatic rings. The Labute approximate surface area is 103 Å². The zero-order valence-electron chi connectivity index (χ0n) is 8.43. The number of nitrogens with two attached hydrogens (primary N) is 1. The van der Waals surface area contributed by atoms with Crippen molar-refractivity contribution in [1.82, 2.24) is 0 Å². The van der Waals surface area contributed by atoms with Gasteiger partial charge in [-0.05, 0) is 24.1 Å². The van der Waals surface area contributed by atoms with Crippen molar-refractivity contribution in [3.63, 3.8) is 0 Å². The summed E-state index contributed by atoms with van der Waals surface area (Å²) < 4.78 is 6.00. The minimum atomic E-state index is 0.479. The Balaban J connectivity index is 2.87. The van der Waals surface area contributed by atoms with Crippen LogP contribution in [-0.4, -0.2) is 13.7 Å². The zero-order chi connectivity index (χ0) is 11.3. The van der Waals surface area contributed by atoms with E-state index in [2.05, 4.69) is 20.8 Å². The molecule has 0 saturated heterocycles. The molecule has 0 bridgehead atoms. The fourth-order valence-electron chi connectivity index (χ4n) is 1.26. The number of methoxy groups -OCH3 is 1. The fraction of sp³-hybridized carbons (Fsp3) is 0.400. The first-order valence-corrected chi connectivity index (χ1v) is 5.63. The van der Waals surface area contributed by atoms with Crippen LogP contribution in [-0.2, 0) is 22.6 Å². The molecule has 0 spiro atoms. The molecule has 1 rings (SSSR count). The van der Waals surface area contributed by atoms with Crippen LogP contribution in [0.25, 0.3) is 0 Å². The largest absolute Gasteiger partial charge is 0.380 e. The molecule has 1 aromatic carbocycles. The molecule has 0 aliphatic carbocycles. The predicted molar refractivity (Wildman–Crippen MR) is 63.7 cm³/mol. The summed E-state index contributed by atoms with van der Waals surface area (Å²) in [7, 11) is 1.64. The molecule has 0 fully saturated rings. The maximum Gasteiger partial charge on any atom is 0.0738 e. The first kappa shape index (κ1) is 12.9. The Kier molecular flexibility index (Phi) is 5.56. The number of benzene rings is 1. The molecular weight excluding hydrogens is 281 g/mol. The van der Waals surface area contributed by atoms with E-state index in [-0.39, 0.29) is 0 Å². The number of halogens is 2. The van der Waals surface area contributed by atoms with E-state index in [1.165, 1.54) is 0 Å². The van der Waals surface area contributed by atoms with Gasteiger partial charge >= 0.3 is 0 Å². The summed E-state index contributed by atoms with van der Waals surface area (Å²) in [6, 6.07) is 3.90. The van der Waals surface area contributed by atoms with Crippen molar-refractivity contribution in [2.45, 2.75) is 13.0 Å². The van der Waals surface area contributed by atoms with Gasteiger partial charge in [-0.3, -0.25) is 0 Å². The van der Waals surface area contributed by atoms with E-state index in [1.807, 2.05) is 12.1 Å². The van der Waals surface area contributed by atoms with Crippen LogP contribution < -0.4 is 5.90 Å². The van der Waals surface area contributed by atoms with Crippen LogP contribution >= 0.6 is 27.5 Å². The van der Waals surface area contributed by atoms with E-state index >= 15 is 0 Å². The van der Waals surface area contributed by atoms with Crippen LogP contribution in [0.1, 0.15) is 11.1 Å². The zero-order valence-corrected chi connectivity index (χ0v) is 10.8. The average Bonchev–Trinajstić information content (AvgIpc) is 2.20. The molecule has 1 aromatic rings. The summed E-state index contributed by atoms with van der Waals surface area (Å²) in [5.74, 6) is 4.97. The summed E-state index contributed by atoms with van der Waals surface area (Å²) >= 11 is 9.56. The van der Waals surface area contributed by atoms with Crippen LogP contribution in [0.3, 0.4) is 0 Å². The molecule has 0 atom stereocenters. The van der Waals surface area contributed by atoms with Crippen LogP contribution in [0.15, 0.2) is 16.6 Å². The summed E-state index contributed by atoms with van der Waals surface area (Å²) in [6.45, 7) is 0.972. The van der Waals surface area contributed by atoms with Gasteiger partial charge in [0.25, 0.3) is 0 Å². The van der Waals surface area contributed by atoms with Crippen molar-refractivity contribution < 1.29 is 9.57 Å². The molecule has 0 radical (unpaired) electrons. The highest BCUT2D eigenvalue weighted by atomic mass is 79.9. The highest BCUT2D eigenvalue weighted by Gasteiger charge is 2.07. The van der Waals surface area contributed by atoms with Crippen molar-refractivity contribution in [3.8, 4) is 0 Å². The Morgan fingerprint density at radius 1 is 1.47 bits per heavy atom. The van der Waals surface area contributed by atoms with Gasteiger partial charge in [-0.15, -0.1) is 0 Å². The van der Waals surface area contributed by atoms with Gasteiger partial charge in [0, 0.05) is 22.2 Å². The van der Waals surface area contributed by atoms with Crippen molar-refractivity contribution in [2.24, 2.45) is 5.90 Å². The molecule has 0 heterocycles. The van der Waals surface area contributed by atoms with E-state index in [4.69, 9.17) is 22.2 Å². The lowest BCUT2D eigenvalue weighted by molar-refractivity contribution is 0.141. The second-order valence-corrected chi connectivity index (χ2v) is 4.35. The summed E-state index contributed by atoms with van der Waals surface area (Å²) in [5, 5.41) is 0.693. The predicted octanol–water partition coefficient (Wildman–Crippen LogP) is 2.68. The highest BCUT2D eigenvalue weighted by molar-refractivity contribution is 9.10. The molecule has 2 N–H and O–H groups in total. The molecule has 5 heteroatoms. The third-order valence-electron chi connectivity index (χ3n) is 2.00. The smallest absolute Gasteiger partial charge is 0.0738 e. The van der Waals surface area contributed by atoms with E-state index in [1.54, 1.807) is 7.11 Å². The molecule has 0 aromatic heterocycles. The Morgan fingerprint density at radius 3 is 2.73 bits per heavy atom. The molecule has 0 aliphatic heterocycles. The van der Waals surface area contributed by atoms with Gasteiger partial charge in [-0.25, -0.2) is 5.90 Å². The fourth-order valence-corrected chi connectivity index (χ4v) is 2.29. The number of rotatable bonds is 5. The van der Waals surface area contributed by atoms with Gasteiger partial charge in [0.2, 0.25) is 0 Å². The topological polar surface area (TPSA) is 44.5 Å². The summed E-state index contributed by atoms with van der Waals surface area (Å²) in [6.07, 6.45) is 0.738. The van der Waals surface area contributed by atoms with Gasteiger partial charge in [0.1, 0.15) is 0 Å². The molecule has 0 amide bonds. The molecule has 15 heavy (non-hydrogen) atoms. The van der Waals surface area contributed by atoms with Crippen molar-refractivity contribution >= 4 is 27.5 Å². The van der Waals surface area contributed by atoms with Crippen LogP contribution in [0.2, 0.25) is 5.02 Å². The van der Waals surface area contributed by atoms with Gasteiger partial charge < -0.3 is 9.57 Å². The molecule has 0 saturated carbocycles. The molecular formula is C10H13BrClNO2. The lowest BCUT2D eigenvalue weighted by atomic mass is 10.1. The van der Waals surface area contributed by atoms with Crippen molar-refractivity contribution in [3.05, 3.63) is 32.8 Å². The first-order valence-electron chi connectivity index (χ1n) is 4.46. The lowest BCUT2D eigenvalue weighted by Gasteiger charge is -2.09. The maximum absolute atomic E-state index is 6.11. The SMILES string of the molecule is COCc1c(Cl)cc(CCON)cc1Br. The van der Waals surface area contributed by atoms with Crippen molar-refractivity contribution in [1.29, 1.82) is 0 Å². The van der Waals surface area contributed by atoms with Crippen LogP contribution in [0.4, 0.5) is 0 Å². The standard InChI is InChI=1S/C10H13BrClNO2/c1-14-6-8-9(11)4-7(2-3-15-13)5-10(8)12/h4-5H,2-3,6,13H2,1H3.